The molecule has 0 atom stereocenters. The number of sulfone groups is 1. The van der Waals surface area contributed by atoms with Gasteiger partial charge in [-0.3, -0.25) is 10.1 Å². The lowest BCUT2D eigenvalue weighted by Crippen LogP contribution is -2.46. The Morgan fingerprint density at radius 3 is 2.44 bits per heavy atom. The lowest BCUT2D eigenvalue weighted by molar-refractivity contribution is -0.384. The molecule has 3 aromatic rings. The molecule has 2 N–H and O–H groups in total. The summed E-state index contributed by atoms with van der Waals surface area (Å²) in [4.78, 5) is 24.8. The highest BCUT2D eigenvalue weighted by atomic mass is 35.5. The summed E-state index contributed by atoms with van der Waals surface area (Å²) in [5, 5.41) is 17.6. The zero-order valence-corrected chi connectivity index (χ0v) is 23.9. The maximum Gasteiger partial charge on any atom is 0.294 e. The van der Waals surface area contributed by atoms with Crippen molar-refractivity contribution in [2.24, 2.45) is 0 Å². The van der Waals surface area contributed by atoms with Crippen molar-refractivity contribution in [1.29, 1.82) is 0 Å². The van der Waals surface area contributed by atoms with Crippen molar-refractivity contribution in [2.45, 2.75) is 37.8 Å². The molecule has 1 saturated heterocycles. The first-order valence-corrected chi connectivity index (χ1v) is 14.6. The number of hydrogen-bond acceptors (Lipinski definition) is 10. The number of hydrogen-bond donors (Lipinski definition) is 2. The lowest BCUT2D eigenvalue weighted by atomic mass is 10.1. The number of piperazine rings is 1. The summed E-state index contributed by atoms with van der Waals surface area (Å²) in [6, 6.07) is 9.82. The summed E-state index contributed by atoms with van der Waals surface area (Å²) in [5.41, 5.74) is 2.18. The van der Waals surface area contributed by atoms with Gasteiger partial charge in [-0.15, -0.1) is 0 Å². The average molecular weight is 574 g/mol. The number of anilines is 5. The number of nitro groups is 1. The molecule has 0 amide bonds. The number of likely N-dealkylation sites (N-methyl/N-ethyl adjacent to an activating group) is 1. The molecule has 0 saturated carbocycles. The third-order valence-corrected chi connectivity index (χ3v) is 9.22. The van der Waals surface area contributed by atoms with E-state index in [2.05, 4.69) is 32.4 Å². The Labute approximate surface area is 233 Å². The van der Waals surface area contributed by atoms with Crippen LogP contribution in [0.1, 0.15) is 26.3 Å². The Balaban J connectivity index is 1.63. The number of nitrogens with zero attached hydrogens (tertiary/aromatic N) is 5. The van der Waals surface area contributed by atoms with E-state index in [-0.39, 0.29) is 32.3 Å². The third kappa shape index (κ3) is 6.23. The van der Waals surface area contributed by atoms with Gasteiger partial charge in [-0.05, 0) is 51.1 Å². The van der Waals surface area contributed by atoms with Crippen molar-refractivity contribution in [3.63, 3.8) is 0 Å². The van der Waals surface area contributed by atoms with Gasteiger partial charge in [0.25, 0.3) is 5.69 Å². The number of benzene rings is 2. The molecule has 208 valence electrons. The van der Waals surface area contributed by atoms with Crippen LogP contribution in [-0.2, 0) is 9.84 Å². The molecular weight excluding hydrogens is 542 g/mol. The number of nitro benzene ring substituents is 1. The van der Waals surface area contributed by atoms with Crippen molar-refractivity contribution in [3.8, 4) is 0 Å². The van der Waals surface area contributed by atoms with E-state index in [1.165, 1.54) is 18.3 Å². The molecule has 4 rings (SSSR count). The van der Waals surface area contributed by atoms with E-state index in [1.807, 2.05) is 17.9 Å². The summed E-state index contributed by atoms with van der Waals surface area (Å²) in [6.45, 7) is 11.3. The third-order valence-electron chi connectivity index (χ3n) is 6.74. The van der Waals surface area contributed by atoms with Gasteiger partial charge in [0.05, 0.1) is 32.6 Å². The van der Waals surface area contributed by atoms with Crippen molar-refractivity contribution in [1.82, 2.24) is 14.9 Å². The first-order valence-electron chi connectivity index (χ1n) is 12.7. The van der Waals surface area contributed by atoms with Crippen LogP contribution in [0.25, 0.3) is 0 Å². The number of nitrogens with one attached hydrogen (secondary N) is 2. The standard InChI is InChI=1S/C26H32ClN7O4S/c1-5-32-10-12-33(13-11-32)22-14-18(4)21(15-23(22)34(35)36)30-26-28-16-19(27)25(31-26)29-20-8-6-7-9-24(20)39(37,38)17(2)3/h6-9,14-17H,5,10-13H2,1-4H3,(H2,28,29,30,31). The van der Waals surface area contributed by atoms with Gasteiger partial charge in [0, 0.05) is 32.2 Å². The van der Waals surface area contributed by atoms with E-state index in [0.717, 1.165) is 25.2 Å². The van der Waals surface area contributed by atoms with Crippen molar-refractivity contribution < 1.29 is 13.3 Å². The highest BCUT2D eigenvalue weighted by Gasteiger charge is 2.26. The van der Waals surface area contributed by atoms with Crippen LogP contribution in [-0.4, -0.2) is 66.2 Å². The van der Waals surface area contributed by atoms with Crippen LogP contribution in [0.4, 0.5) is 34.5 Å². The van der Waals surface area contributed by atoms with Crippen LogP contribution in [0.15, 0.2) is 47.5 Å². The van der Waals surface area contributed by atoms with Gasteiger partial charge in [-0.2, -0.15) is 4.98 Å². The largest absolute Gasteiger partial charge is 0.363 e. The number of aromatic nitrogens is 2. The molecule has 0 radical (unpaired) electrons. The average Bonchev–Trinajstić information content (AvgIpc) is 2.91. The van der Waals surface area contributed by atoms with E-state index in [1.54, 1.807) is 32.0 Å². The molecule has 1 aliphatic heterocycles. The molecule has 2 aromatic carbocycles. The number of aryl methyl sites for hydroxylation is 1. The minimum absolute atomic E-state index is 0.00631. The quantitative estimate of drug-likeness (QED) is 0.261. The van der Waals surface area contributed by atoms with Gasteiger partial charge >= 0.3 is 0 Å². The zero-order valence-electron chi connectivity index (χ0n) is 22.3. The molecular formula is C26H32ClN7O4S. The number of halogens is 1. The van der Waals surface area contributed by atoms with Crippen LogP contribution in [0, 0.1) is 17.0 Å². The van der Waals surface area contributed by atoms with Crippen LogP contribution >= 0.6 is 11.6 Å². The zero-order chi connectivity index (χ0) is 28.3. The predicted octanol–water partition coefficient (Wildman–Crippen LogP) is 5.16. The van der Waals surface area contributed by atoms with E-state index in [0.29, 0.717) is 30.2 Å². The monoisotopic (exact) mass is 573 g/mol. The van der Waals surface area contributed by atoms with Gasteiger partial charge in [-0.1, -0.05) is 30.7 Å². The Bertz CT molecular complexity index is 1480. The van der Waals surface area contributed by atoms with Gasteiger partial charge < -0.3 is 20.4 Å². The molecule has 0 spiro atoms. The summed E-state index contributed by atoms with van der Waals surface area (Å²) in [7, 11) is -3.57. The summed E-state index contributed by atoms with van der Waals surface area (Å²) >= 11 is 6.34. The van der Waals surface area contributed by atoms with Gasteiger partial charge in [0.2, 0.25) is 5.95 Å². The smallest absolute Gasteiger partial charge is 0.294 e. The highest BCUT2D eigenvalue weighted by molar-refractivity contribution is 7.92. The molecule has 13 heteroatoms. The second-order valence-corrected chi connectivity index (χ2v) is 12.4. The second-order valence-electron chi connectivity index (χ2n) is 9.56. The highest BCUT2D eigenvalue weighted by Crippen LogP contribution is 2.36. The second kappa shape index (κ2) is 11.7. The fourth-order valence-corrected chi connectivity index (χ4v) is 5.70. The number of rotatable bonds is 9. The minimum atomic E-state index is -3.57. The van der Waals surface area contributed by atoms with Crippen molar-refractivity contribution in [3.05, 3.63) is 63.3 Å². The van der Waals surface area contributed by atoms with Crippen molar-refractivity contribution in [2.75, 3.05) is 48.3 Å². The molecule has 2 heterocycles. The predicted molar refractivity (Wildman–Crippen MR) is 155 cm³/mol. The van der Waals surface area contributed by atoms with Gasteiger partial charge in [0.1, 0.15) is 10.7 Å². The molecule has 11 nitrogen and oxygen atoms in total. The summed E-state index contributed by atoms with van der Waals surface area (Å²) in [6.07, 6.45) is 1.38. The molecule has 1 fully saturated rings. The Hall–Kier alpha value is -3.48. The van der Waals surface area contributed by atoms with Gasteiger partial charge in [-0.25, -0.2) is 13.4 Å². The van der Waals surface area contributed by atoms with Crippen LogP contribution in [0.3, 0.4) is 0 Å². The Morgan fingerprint density at radius 2 is 1.79 bits per heavy atom. The van der Waals surface area contributed by atoms with E-state index in [9.17, 15) is 18.5 Å². The summed E-state index contributed by atoms with van der Waals surface area (Å²) < 4.78 is 25.7. The van der Waals surface area contributed by atoms with E-state index in [4.69, 9.17) is 11.6 Å². The first kappa shape index (κ1) is 28.5. The molecule has 1 aliphatic rings. The molecule has 0 unspecified atom stereocenters. The fraction of sp³-hybridized carbons (Fsp3) is 0.385. The van der Waals surface area contributed by atoms with Gasteiger partial charge in [0.15, 0.2) is 15.7 Å². The Kier molecular flexibility index (Phi) is 8.57. The first-order chi connectivity index (χ1) is 18.5. The van der Waals surface area contributed by atoms with Crippen LogP contribution in [0.5, 0.6) is 0 Å². The molecule has 1 aromatic heterocycles. The molecule has 0 aliphatic carbocycles. The SMILES string of the molecule is CCN1CCN(c2cc(C)c(Nc3ncc(Cl)c(Nc4ccccc4S(=O)(=O)C(C)C)n3)cc2[N+](=O)[O-])CC1. The Morgan fingerprint density at radius 1 is 1.10 bits per heavy atom. The van der Waals surface area contributed by atoms with E-state index < -0.39 is 15.1 Å². The minimum Gasteiger partial charge on any atom is -0.363 e. The topological polar surface area (TPSA) is 134 Å². The van der Waals surface area contributed by atoms with Crippen LogP contribution in [0.2, 0.25) is 5.02 Å². The van der Waals surface area contributed by atoms with E-state index >= 15 is 0 Å². The lowest BCUT2D eigenvalue weighted by Gasteiger charge is -2.35. The normalized spacial score (nSPS) is 14.5. The fourth-order valence-electron chi connectivity index (χ4n) is 4.36. The van der Waals surface area contributed by atoms with Crippen molar-refractivity contribution >= 4 is 56.0 Å². The van der Waals surface area contributed by atoms with Crippen LogP contribution < -0.4 is 15.5 Å². The number of para-hydroxylation sites is 1. The maximum absolute atomic E-state index is 12.9. The maximum atomic E-state index is 12.9. The summed E-state index contributed by atoms with van der Waals surface area (Å²) in [5.74, 6) is 0.339. The molecule has 0 bridgehead atoms. The molecule has 39 heavy (non-hydrogen) atoms.